The molecule has 20 nitrogen and oxygen atoms in total. The lowest BCUT2D eigenvalue weighted by molar-refractivity contribution is -0.302. The minimum Gasteiger partial charge on any atom is -0.459 e. The second-order valence-electron chi connectivity index (χ2n) is 23.7. The van der Waals surface area contributed by atoms with Gasteiger partial charge in [-0.3, -0.25) is 9.59 Å². The largest absolute Gasteiger partial charge is 0.459 e. The first-order valence-corrected chi connectivity index (χ1v) is 27.9. The van der Waals surface area contributed by atoms with Gasteiger partial charge in [0.15, 0.2) is 6.29 Å². The summed E-state index contributed by atoms with van der Waals surface area (Å²) >= 11 is 0. The Morgan fingerprint density at radius 3 is 2.26 bits per heavy atom. The first-order chi connectivity index (χ1) is 36.2. The molecule has 4 saturated heterocycles. The highest BCUT2D eigenvalue weighted by Crippen LogP contribution is 2.45. The zero-order valence-electron chi connectivity index (χ0n) is 48.3. The van der Waals surface area contributed by atoms with Crippen molar-refractivity contribution < 1.29 is 67.9 Å². The predicted molar refractivity (Wildman–Crippen MR) is 285 cm³/mol. The number of benzene rings is 1. The van der Waals surface area contributed by atoms with E-state index in [2.05, 4.69) is 15.6 Å². The molecule has 0 saturated carbocycles. The van der Waals surface area contributed by atoms with Gasteiger partial charge in [0.25, 0.3) is 5.91 Å². The van der Waals surface area contributed by atoms with Crippen LogP contribution in [0.2, 0.25) is 0 Å². The minimum absolute atomic E-state index is 0.0545. The van der Waals surface area contributed by atoms with Crippen molar-refractivity contribution in [2.45, 2.75) is 197 Å². The third-order valence-electron chi connectivity index (χ3n) is 17.7. The van der Waals surface area contributed by atoms with Crippen molar-refractivity contribution in [3.63, 3.8) is 0 Å². The molecule has 0 spiro atoms. The van der Waals surface area contributed by atoms with E-state index in [1.807, 2.05) is 49.6 Å². The van der Waals surface area contributed by atoms with Crippen molar-refractivity contribution in [2.75, 3.05) is 74.3 Å². The van der Waals surface area contributed by atoms with E-state index in [1.165, 1.54) is 25.8 Å². The number of nitrogens with zero attached hydrogens (tertiary/aromatic N) is 6. The number of carbonyl (C=O) groups excluding carboxylic acids is 2. The number of likely N-dealkylation sites (N-methyl/N-ethyl adjacent to an activating group) is 2. The van der Waals surface area contributed by atoms with Crippen LogP contribution in [0.15, 0.2) is 30.5 Å². The molecule has 6 rings (SSSR count). The summed E-state index contributed by atoms with van der Waals surface area (Å²) in [4.78, 5) is 33.5. The van der Waals surface area contributed by atoms with Gasteiger partial charge in [-0.05, 0) is 104 Å². The van der Waals surface area contributed by atoms with E-state index in [1.54, 1.807) is 72.0 Å². The number of aliphatic hydroxyl groups excluding tert-OH is 3. The summed E-state index contributed by atoms with van der Waals surface area (Å²) in [5.74, 6) is -3.35. The van der Waals surface area contributed by atoms with Crippen LogP contribution in [0.1, 0.15) is 129 Å². The van der Waals surface area contributed by atoms with Crippen LogP contribution in [-0.2, 0) is 39.6 Å². The molecule has 1 aromatic carbocycles. The SMILES string of the molecule is CC[C@H]1OC(=O)[C@H](C)[C@@H](C2C[C@@](C)(OC)[C@@H](O)[C@H](C)O2)[C@H](C)[C@@H](O[C@@H]2O[C@H](C)C[C@H](N(C)CCc3cn([C@H](CF)[C@H](OC)c4ccc(C(=O)N5CCNCC5)cc4)nn3)[C@H]2O)[C@](C)(O)C[C@@H](C)CN(C)[C@H](C)[C@@H](O)[C@]1(C)O. The highest BCUT2D eigenvalue weighted by molar-refractivity contribution is 5.94. The smallest absolute Gasteiger partial charge is 0.309 e. The van der Waals surface area contributed by atoms with Crippen molar-refractivity contribution in [3.8, 4) is 0 Å². The van der Waals surface area contributed by atoms with E-state index in [-0.39, 0.29) is 31.1 Å². The number of aliphatic hydroxyl groups is 5. The van der Waals surface area contributed by atoms with Crippen molar-refractivity contribution in [1.29, 1.82) is 0 Å². The zero-order valence-corrected chi connectivity index (χ0v) is 48.3. The summed E-state index contributed by atoms with van der Waals surface area (Å²) in [6, 6.07) is 5.14. The lowest BCUT2D eigenvalue weighted by Crippen LogP contribution is -2.62. The molecule has 1 unspecified atom stereocenters. The number of cyclic esters (lactones) is 1. The van der Waals surface area contributed by atoms with Gasteiger partial charge >= 0.3 is 5.97 Å². The molecule has 0 radical (unpaired) electrons. The summed E-state index contributed by atoms with van der Waals surface area (Å²) in [5.41, 5.74) is -2.72. The molecule has 77 heavy (non-hydrogen) atoms. The van der Waals surface area contributed by atoms with Crippen LogP contribution in [0.5, 0.6) is 0 Å². The molecule has 4 aliphatic rings. The van der Waals surface area contributed by atoms with E-state index >= 15 is 0 Å². The Bertz CT molecular complexity index is 2190. The number of amides is 1. The molecular weight excluding hydrogens is 998 g/mol. The first kappa shape index (κ1) is 62.9. The second kappa shape index (κ2) is 26.5. The third kappa shape index (κ3) is 14.3. The van der Waals surface area contributed by atoms with Gasteiger partial charge in [0.2, 0.25) is 0 Å². The Hall–Kier alpha value is -3.29. The van der Waals surface area contributed by atoms with E-state index < -0.39 is 127 Å². The molecule has 20 atom stereocenters. The van der Waals surface area contributed by atoms with Crippen LogP contribution < -0.4 is 5.32 Å². The van der Waals surface area contributed by atoms with E-state index in [0.717, 1.165) is 13.1 Å². The van der Waals surface area contributed by atoms with Gasteiger partial charge in [-0.2, -0.15) is 0 Å². The van der Waals surface area contributed by atoms with Crippen molar-refractivity contribution in [2.24, 2.45) is 23.7 Å². The normalized spacial score (nSPS) is 39.4. The summed E-state index contributed by atoms with van der Waals surface area (Å²) < 4.78 is 54.5. The lowest BCUT2D eigenvalue weighted by atomic mass is 9.68. The fourth-order valence-corrected chi connectivity index (χ4v) is 12.9. The maximum atomic E-state index is 15.0. The zero-order chi connectivity index (χ0) is 56.9. The molecule has 6 N–H and O–H groups in total. The molecule has 438 valence electrons. The second-order valence-corrected chi connectivity index (χ2v) is 23.7. The van der Waals surface area contributed by atoms with Crippen LogP contribution in [0.4, 0.5) is 4.39 Å². The number of rotatable bonds is 15. The van der Waals surface area contributed by atoms with Gasteiger partial charge in [-0.25, -0.2) is 9.07 Å². The Balaban J connectivity index is 1.25. The molecule has 0 bridgehead atoms. The number of ether oxygens (including phenoxy) is 6. The van der Waals surface area contributed by atoms with Crippen LogP contribution in [0.25, 0.3) is 0 Å². The third-order valence-corrected chi connectivity index (χ3v) is 17.7. The standard InChI is InChI=1S/C56H94FN7O13/c1-15-44-56(10,71)48(66)36(6)62(12)30-32(2)27-54(8,70)50(34(4)45(35(5)52(69)76-44)43-28-55(9,73-14)49(67)37(7)75-43)77-53-46(65)41(26-33(3)74-53)61(11)23-20-40-31-64(60-59-40)42(29-57)47(72-13)38-16-18-39(19-17-38)51(68)63-24-21-58-22-25-63/h16-19,31-37,41-50,53,58,65-67,70-71H,15,20-30H2,1-14H3/t32-,33-,34+,35-,36-,37+,41+,42-,43?,44-,45+,46-,47-,48-,49+,50-,53+,54-,55-,56-/m1/s1. The highest BCUT2D eigenvalue weighted by atomic mass is 19.1. The highest BCUT2D eigenvalue weighted by Gasteiger charge is 2.55. The Labute approximate surface area is 456 Å². The minimum atomic E-state index is -1.84. The first-order valence-electron chi connectivity index (χ1n) is 27.9. The van der Waals surface area contributed by atoms with Crippen LogP contribution >= 0.6 is 0 Å². The number of alkyl halides is 1. The molecule has 5 heterocycles. The summed E-state index contributed by atoms with van der Waals surface area (Å²) in [6.45, 7) is 20.6. The fraction of sp³-hybridized carbons (Fsp3) is 0.821. The molecular formula is C56H94FN7O13. The monoisotopic (exact) mass is 1090 g/mol. The van der Waals surface area contributed by atoms with Gasteiger partial charge in [0, 0.05) is 96.1 Å². The number of methoxy groups -OCH3 is 2. The average Bonchev–Trinajstić information content (AvgIpc) is 3.87. The van der Waals surface area contributed by atoms with E-state index in [4.69, 9.17) is 28.4 Å². The average molecular weight is 1090 g/mol. The fourth-order valence-electron chi connectivity index (χ4n) is 12.9. The molecule has 2 aromatic rings. The quantitative estimate of drug-likeness (QED) is 0.140. The van der Waals surface area contributed by atoms with Crippen LogP contribution in [0, 0.1) is 23.7 Å². The number of hydrogen-bond acceptors (Lipinski definition) is 18. The number of esters is 1. The van der Waals surface area contributed by atoms with Crippen molar-refractivity contribution in [1.82, 2.24) is 35.0 Å². The molecule has 4 fully saturated rings. The predicted octanol–water partition coefficient (Wildman–Crippen LogP) is 3.32. The summed E-state index contributed by atoms with van der Waals surface area (Å²) in [7, 11) is 6.76. The van der Waals surface area contributed by atoms with E-state index in [0.29, 0.717) is 55.8 Å². The Kier molecular flexibility index (Phi) is 21.7. The maximum Gasteiger partial charge on any atom is 0.309 e. The Morgan fingerprint density at radius 1 is 0.987 bits per heavy atom. The van der Waals surface area contributed by atoms with Crippen LogP contribution in [0.3, 0.4) is 0 Å². The van der Waals surface area contributed by atoms with Crippen molar-refractivity contribution >= 4 is 11.9 Å². The van der Waals surface area contributed by atoms with Gasteiger partial charge in [-0.1, -0.05) is 45.0 Å². The van der Waals surface area contributed by atoms with E-state index in [9.17, 15) is 39.5 Å². The van der Waals surface area contributed by atoms with Gasteiger partial charge in [0.1, 0.15) is 48.8 Å². The van der Waals surface area contributed by atoms with Gasteiger partial charge in [0.05, 0.1) is 47.2 Å². The topological polar surface area (TPSA) is 243 Å². The number of hydrogen-bond donors (Lipinski definition) is 6. The number of piperazine rings is 1. The number of nitrogens with one attached hydrogen (secondary N) is 1. The molecule has 0 aliphatic carbocycles. The molecule has 1 amide bonds. The number of aromatic nitrogens is 3. The summed E-state index contributed by atoms with van der Waals surface area (Å²) in [6.07, 6.45) is -6.47. The van der Waals surface area contributed by atoms with Gasteiger partial charge in [-0.15, -0.1) is 5.10 Å². The summed E-state index contributed by atoms with van der Waals surface area (Å²) in [5, 5.41) is 72.3. The Morgan fingerprint density at radius 2 is 1.65 bits per heavy atom. The molecule has 4 aliphatic heterocycles. The molecule has 21 heteroatoms. The number of halogens is 1. The van der Waals surface area contributed by atoms with Crippen LogP contribution in [-0.4, -0.2) is 225 Å². The number of carbonyl (C=O) groups is 2. The lowest BCUT2D eigenvalue weighted by Gasteiger charge is -2.51. The van der Waals surface area contributed by atoms with Gasteiger partial charge < -0.3 is 74.0 Å². The van der Waals surface area contributed by atoms with Crippen molar-refractivity contribution in [3.05, 3.63) is 47.3 Å². The molecule has 1 aromatic heterocycles. The maximum absolute atomic E-state index is 15.0.